The van der Waals surface area contributed by atoms with Crippen molar-refractivity contribution in [2.75, 3.05) is 0 Å². The predicted molar refractivity (Wildman–Crippen MR) is 56.2 cm³/mol. The van der Waals surface area contributed by atoms with E-state index in [2.05, 4.69) is 4.74 Å². The number of halogens is 3. The Morgan fingerprint density at radius 1 is 1.18 bits per heavy atom. The van der Waals surface area contributed by atoms with Gasteiger partial charge in [-0.15, -0.1) is 0 Å². The normalized spacial score (nSPS) is 13.5. The summed E-state index contributed by atoms with van der Waals surface area (Å²) in [5, 5.41) is 0. The number of carbonyl (C=O) groups excluding carboxylic acids is 1. The van der Waals surface area contributed by atoms with Crippen molar-refractivity contribution in [1.29, 1.82) is 0 Å². The zero-order valence-corrected chi connectivity index (χ0v) is 9.49. The van der Waals surface area contributed by atoms with Gasteiger partial charge in [0.05, 0.1) is 5.92 Å². The molecule has 0 heterocycles. The van der Waals surface area contributed by atoms with Crippen molar-refractivity contribution < 1.29 is 22.7 Å². The van der Waals surface area contributed by atoms with Gasteiger partial charge >= 0.3 is 12.1 Å². The molecule has 0 fully saturated rings. The van der Waals surface area contributed by atoms with E-state index < -0.39 is 24.2 Å². The van der Waals surface area contributed by atoms with Gasteiger partial charge in [-0.2, -0.15) is 13.2 Å². The quantitative estimate of drug-likeness (QED) is 0.763. The lowest BCUT2D eigenvalue weighted by Gasteiger charge is -2.21. The number of ether oxygens (including phenoxy) is 1. The second kappa shape index (κ2) is 5.21. The predicted octanol–water partition coefficient (Wildman–Crippen LogP) is 3.49. The van der Waals surface area contributed by atoms with Crippen molar-refractivity contribution in [2.24, 2.45) is 5.92 Å². The summed E-state index contributed by atoms with van der Waals surface area (Å²) in [6.07, 6.45) is -6.80. The van der Waals surface area contributed by atoms with Crippen molar-refractivity contribution in [3.05, 3.63) is 35.9 Å². The van der Waals surface area contributed by atoms with Gasteiger partial charge < -0.3 is 4.74 Å². The lowest BCUT2D eigenvalue weighted by Crippen LogP contribution is -2.27. The Kier molecular flexibility index (Phi) is 4.15. The van der Waals surface area contributed by atoms with E-state index in [0.29, 0.717) is 0 Å². The van der Waals surface area contributed by atoms with Crippen LogP contribution in [-0.2, 0) is 9.53 Å². The second-order valence-electron chi connectivity index (χ2n) is 3.92. The third-order valence-corrected chi connectivity index (χ3v) is 2.11. The Balaban J connectivity index is 2.95. The summed E-state index contributed by atoms with van der Waals surface area (Å²) in [7, 11) is 0. The molecule has 0 aliphatic carbocycles. The molecular formula is C12H13F3O2. The van der Waals surface area contributed by atoms with E-state index in [4.69, 9.17) is 0 Å². The molecule has 0 bridgehead atoms. The first kappa shape index (κ1) is 13.5. The smallest absolute Gasteiger partial charge is 0.429 e. The summed E-state index contributed by atoms with van der Waals surface area (Å²) in [6.45, 7) is 2.97. The molecule has 1 aromatic carbocycles. The van der Waals surface area contributed by atoms with E-state index in [9.17, 15) is 18.0 Å². The van der Waals surface area contributed by atoms with E-state index in [1.54, 1.807) is 6.07 Å². The molecule has 5 heteroatoms. The second-order valence-corrected chi connectivity index (χ2v) is 3.92. The molecule has 0 aromatic heterocycles. The van der Waals surface area contributed by atoms with Gasteiger partial charge in [0, 0.05) is 5.56 Å². The van der Waals surface area contributed by atoms with Gasteiger partial charge in [-0.05, 0) is 0 Å². The molecule has 0 amide bonds. The average molecular weight is 246 g/mol. The highest BCUT2D eigenvalue weighted by Gasteiger charge is 2.44. The minimum atomic E-state index is -4.61. The van der Waals surface area contributed by atoms with E-state index >= 15 is 0 Å². The van der Waals surface area contributed by atoms with Crippen LogP contribution in [0.1, 0.15) is 25.5 Å². The molecule has 1 atom stereocenters. The lowest BCUT2D eigenvalue weighted by atomic mass is 10.1. The van der Waals surface area contributed by atoms with Crippen molar-refractivity contribution in [3.8, 4) is 0 Å². The standard InChI is InChI=1S/C12H13F3O2/c1-8(2)11(16)17-10(12(13,14)15)9-6-4-3-5-7-9/h3-8,10H,1-2H3/t10-/m0/s1. The molecular weight excluding hydrogens is 233 g/mol. The van der Waals surface area contributed by atoms with Crippen LogP contribution in [0.3, 0.4) is 0 Å². The number of hydrogen-bond acceptors (Lipinski definition) is 2. The van der Waals surface area contributed by atoms with Crippen LogP contribution in [0.15, 0.2) is 30.3 Å². The SMILES string of the molecule is CC(C)C(=O)O[C@@H](c1ccccc1)C(F)(F)F. The largest absolute Gasteiger partial charge is 0.448 e. The summed E-state index contributed by atoms with van der Waals surface area (Å²) in [6, 6.07) is 7.10. The van der Waals surface area contributed by atoms with Crippen LogP contribution in [-0.4, -0.2) is 12.1 Å². The summed E-state index contributed by atoms with van der Waals surface area (Å²) in [5.41, 5.74) is -0.0750. The Bertz CT molecular complexity index is 371. The van der Waals surface area contributed by atoms with Gasteiger partial charge in [0.2, 0.25) is 6.10 Å². The van der Waals surface area contributed by atoms with Crippen LogP contribution < -0.4 is 0 Å². The molecule has 1 aromatic rings. The molecule has 2 nitrogen and oxygen atoms in total. The number of esters is 1. The van der Waals surface area contributed by atoms with Gasteiger partial charge in [-0.1, -0.05) is 44.2 Å². The fraction of sp³-hybridized carbons (Fsp3) is 0.417. The van der Waals surface area contributed by atoms with Crippen molar-refractivity contribution in [2.45, 2.75) is 26.1 Å². The van der Waals surface area contributed by atoms with Gasteiger partial charge in [-0.25, -0.2) is 0 Å². The van der Waals surface area contributed by atoms with Crippen LogP contribution in [0, 0.1) is 5.92 Å². The zero-order chi connectivity index (χ0) is 13.1. The minimum Gasteiger partial charge on any atom is -0.448 e. The van der Waals surface area contributed by atoms with Gasteiger partial charge in [0.15, 0.2) is 0 Å². The molecule has 0 radical (unpaired) electrons. The summed E-state index contributed by atoms with van der Waals surface area (Å²) in [5.74, 6) is -1.46. The highest BCUT2D eigenvalue weighted by Crippen LogP contribution is 2.36. The third-order valence-electron chi connectivity index (χ3n) is 2.11. The molecule has 17 heavy (non-hydrogen) atoms. The Morgan fingerprint density at radius 2 is 1.71 bits per heavy atom. The monoisotopic (exact) mass is 246 g/mol. The van der Waals surface area contributed by atoms with Crippen LogP contribution >= 0.6 is 0 Å². The maximum atomic E-state index is 12.8. The summed E-state index contributed by atoms with van der Waals surface area (Å²) >= 11 is 0. The molecule has 0 spiro atoms. The van der Waals surface area contributed by atoms with E-state index in [0.717, 1.165) is 0 Å². The van der Waals surface area contributed by atoms with Gasteiger partial charge in [0.1, 0.15) is 0 Å². The van der Waals surface area contributed by atoms with Crippen molar-refractivity contribution >= 4 is 5.97 Å². The van der Waals surface area contributed by atoms with E-state index in [-0.39, 0.29) is 5.56 Å². The van der Waals surface area contributed by atoms with Crippen molar-refractivity contribution in [3.63, 3.8) is 0 Å². The van der Waals surface area contributed by atoms with Gasteiger partial charge in [0.25, 0.3) is 0 Å². The first-order chi connectivity index (χ1) is 7.82. The van der Waals surface area contributed by atoms with Crippen LogP contribution in [0.25, 0.3) is 0 Å². The highest BCUT2D eigenvalue weighted by atomic mass is 19.4. The number of rotatable bonds is 3. The molecule has 1 rings (SSSR count). The van der Waals surface area contributed by atoms with Crippen LogP contribution in [0.5, 0.6) is 0 Å². The van der Waals surface area contributed by atoms with E-state index in [1.807, 2.05) is 0 Å². The first-order valence-corrected chi connectivity index (χ1v) is 5.14. The molecule has 0 saturated heterocycles. The zero-order valence-electron chi connectivity index (χ0n) is 9.49. The average Bonchev–Trinajstić information content (AvgIpc) is 2.25. The highest BCUT2D eigenvalue weighted by molar-refractivity contribution is 5.71. The summed E-state index contributed by atoms with van der Waals surface area (Å²) in [4.78, 5) is 11.3. The fourth-order valence-electron chi connectivity index (χ4n) is 1.20. The third kappa shape index (κ3) is 3.76. The molecule has 0 aliphatic rings. The molecule has 94 valence electrons. The van der Waals surface area contributed by atoms with Gasteiger partial charge in [-0.3, -0.25) is 4.79 Å². The maximum absolute atomic E-state index is 12.8. The Morgan fingerprint density at radius 3 is 2.12 bits per heavy atom. The molecule has 0 saturated carbocycles. The van der Waals surface area contributed by atoms with E-state index in [1.165, 1.54) is 38.1 Å². The topological polar surface area (TPSA) is 26.3 Å². The number of alkyl halides is 3. The minimum absolute atomic E-state index is 0.0750. The Labute approximate surface area is 97.4 Å². The number of benzene rings is 1. The number of carbonyl (C=O) groups is 1. The first-order valence-electron chi connectivity index (χ1n) is 5.14. The lowest BCUT2D eigenvalue weighted by molar-refractivity contribution is -0.225. The maximum Gasteiger partial charge on any atom is 0.429 e. The summed E-state index contributed by atoms with van der Waals surface area (Å²) < 4.78 is 42.8. The number of hydrogen-bond donors (Lipinski definition) is 0. The fourth-order valence-corrected chi connectivity index (χ4v) is 1.20. The van der Waals surface area contributed by atoms with Crippen molar-refractivity contribution in [1.82, 2.24) is 0 Å². The van der Waals surface area contributed by atoms with Crippen LogP contribution in [0.2, 0.25) is 0 Å². The molecule has 0 unspecified atom stereocenters. The molecule has 0 aliphatic heterocycles. The van der Waals surface area contributed by atoms with Crippen LogP contribution in [0.4, 0.5) is 13.2 Å². The Hall–Kier alpha value is -1.52. The molecule has 0 N–H and O–H groups in total.